The Labute approximate surface area is 184 Å². The quantitative estimate of drug-likeness (QED) is 0.439. The molecule has 2 N–H and O–H groups in total. The summed E-state index contributed by atoms with van der Waals surface area (Å²) in [6.07, 6.45) is 1.47. The van der Waals surface area contributed by atoms with Gasteiger partial charge in [-0.2, -0.15) is 4.31 Å². The number of hydrogen-bond donors (Lipinski definition) is 2. The molecule has 1 aromatic carbocycles. The summed E-state index contributed by atoms with van der Waals surface area (Å²) in [4.78, 5) is 21.8. The number of carbonyl (C=O) groups is 1. The second kappa shape index (κ2) is 8.29. The average molecular weight is 458 g/mol. The highest BCUT2D eigenvalue weighted by Gasteiger charge is 2.25. The fourth-order valence-corrected chi connectivity index (χ4v) is 5.63. The summed E-state index contributed by atoms with van der Waals surface area (Å²) in [6.45, 7) is 4.31. The first-order chi connectivity index (χ1) is 14.8. The summed E-state index contributed by atoms with van der Waals surface area (Å²) in [5, 5.41) is 4.83. The number of amides is 1. The average Bonchev–Trinajstić information content (AvgIpc) is 3.47. The Bertz CT molecular complexity index is 1330. The molecule has 0 aliphatic rings. The predicted octanol–water partition coefficient (Wildman–Crippen LogP) is 3.91. The van der Waals surface area contributed by atoms with Gasteiger partial charge in [0.2, 0.25) is 10.0 Å². The lowest BCUT2D eigenvalue weighted by Crippen LogP contribution is -2.30. The van der Waals surface area contributed by atoms with Gasteiger partial charge in [-0.1, -0.05) is 19.9 Å². The van der Waals surface area contributed by atoms with Gasteiger partial charge < -0.3 is 14.9 Å². The van der Waals surface area contributed by atoms with Crippen molar-refractivity contribution in [1.82, 2.24) is 18.8 Å². The Balaban J connectivity index is 1.58. The van der Waals surface area contributed by atoms with Gasteiger partial charge in [-0.05, 0) is 35.7 Å². The van der Waals surface area contributed by atoms with Gasteiger partial charge in [-0.3, -0.25) is 4.79 Å². The number of sulfonamides is 1. The highest BCUT2D eigenvalue weighted by molar-refractivity contribution is 7.89. The van der Waals surface area contributed by atoms with Crippen LogP contribution in [0.25, 0.3) is 21.7 Å². The topological polar surface area (TPSA) is 100 Å². The summed E-state index contributed by atoms with van der Waals surface area (Å²) in [6, 6.07) is 10.8. The van der Waals surface area contributed by atoms with Crippen molar-refractivity contribution in [3.8, 4) is 10.7 Å². The lowest BCUT2D eigenvalue weighted by Gasteiger charge is -2.17. The normalized spacial score (nSPS) is 12.0. The molecule has 0 spiro atoms. The molecule has 3 heterocycles. The third-order valence-electron chi connectivity index (χ3n) is 5.05. The van der Waals surface area contributed by atoms with E-state index in [9.17, 15) is 13.2 Å². The van der Waals surface area contributed by atoms with E-state index < -0.39 is 10.0 Å². The van der Waals surface area contributed by atoms with Crippen LogP contribution in [-0.2, 0) is 17.1 Å². The van der Waals surface area contributed by atoms with E-state index in [4.69, 9.17) is 0 Å². The van der Waals surface area contributed by atoms with Crippen molar-refractivity contribution in [3.63, 3.8) is 0 Å². The highest BCUT2D eigenvalue weighted by atomic mass is 32.2. The van der Waals surface area contributed by atoms with Crippen molar-refractivity contribution in [1.29, 1.82) is 0 Å². The van der Waals surface area contributed by atoms with Crippen LogP contribution in [0.3, 0.4) is 0 Å². The fourth-order valence-electron chi connectivity index (χ4n) is 3.43. The first-order valence-electron chi connectivity index (χ1n) is 9.85. The Kier molecular flexibility index (Phi) is 5.69. The highest BCUT2D eigenvalue weighted by Crippen LogP contribution is 2.26. The van der Waals surface area contributed by atoms with Gasteiger partial charge in [0.15, 0.2) is 0 Å². The molecule has 8 nitrogen and oxygen atoms in total. The number of nitrogens with zero attached hydrogens (tertiary/aromatic N) is 3. The molecule has 1 amide bonds. The van der Waals surface area contributed by atoms with Crippen molar-refractivity contribution in [2.45, 2.75) is 18.7 Å². The number of fused-ring (bicyclic) bond motifs is 1. The van der Waals surface area contributed by atoms with E-state index in [2.05, 4.69) is 15.3 Å². The molecule has 0 fully saturated rings. The van der Waals surface area contributed by atoms with E-state index in [0.717, 1.165) is 21.7 Å². The van der Waals surface area contributed by atoms with Crippen LogP contribution in [0.4, 0.5) is 5.69 Å². The number of anilines is 1. The molecule has 0 saturated carbocycles. The van der Waals surface area contributed by atoms with Crippen molar-refractivity contribution >= 4 is 44.0 Å². The second-order valence-corrected chi connectivity index (χ2v) is 9.90. The van der Waals surface area contributed by atoms with Crippen molar-refractivity contribution in [2.24, 2.45) is 7.05 Å². The van der Waals surface area contributed by atoms with Gasteiger partial charge in [-0.15, -0.1) is 11.3 Å². The van der Waals surface area contributed by atoms with Crippen LogP contribution in [0.2, 0.25) is 0 Å². The number of imidazole rings is 1. The predicted molar refractivity (Wildman–Crippen MR) is 123 cm³/mol. The molecule has 162 valence electrons. The van der Waals surface area contributed by atoms with E-state index in [-0.39, 0.29) is 16.5 Å². The fraction of sp³-hybridized carbons (Fsp3) is 0.238. The molecule has 0 radical (unpaired) electrons. The molecule has 31 heavy (non-hydrogen) atoms. The van der Waals surface area contributed by atoms with E-state index in [1.54, 1.807) is 38.3 Å². The molecule has 10 heteroatoms. The Morgan fingerprint density at radius 2 is 2.00 bits per heavy atom. The van der Waals surface area contributed by atoms with Crippen molar-refractivity contribution in [3.05, 3.63) is 53.7 Å². The van der Waals surface area contributed by atoms with Crippen LogP contribution >= 0.6 is 11.3 Å². The van der Waals surface area contributed by atoms with Crippen LogP contribution in [0, 0.1) is 0 Å². The smallest absolute Gasteiger partial charge is 0.272 e. The lowest BCUT2D eigenvalue weighted by atomic mass is 10.2. The van der Waals surface area contributed by atoms with Crippen LogP contribution in [0.15, 0.2) is 52.9 Å². The third-order valence-corrected chi connectivity index (χ3v) is 7.94. The maximum atomic E-state index is 12.8. The molecular weight excluding hydrogens is 434 g/mol. The maximum absolute atomic E-state index is 12.8. The molecule has 0 unspecified atom stereocenters. The molecule has 3 aromatic heterocycles. The Morgan fingerprint density at radius 1 is 1.23 bits per heavy atom. The molecular formula is C21H23N5O3S2. The molecule has 0 atom stereocenters. The largest absolute Gasteiger partial charge is 0.345 e. The van der Waals surface area contributed by atoms with E-state index in [1.807, 2.05) is 29.6 Å². The maximum Gasteiger partial charge on any atom is 0.272 e. The van der Waals surface area contributed by atoms with Crippen LogP contribution in [0.1, 0.15) is 24.3 Å². The zero-order valence-electron chi connectivity index (χ0n) is 17.4. The molecule has 0 aliphatic heterocycles. The Hall–Kier alpha value is -2.95. The SMILES string of the molecule is CCN(CC)S(=O)(=O)c1cc(C(=O)Nc2ccc3nc(-c4cccs4)[nH]c3c2)n(C)c1. The van der Waals surface area contributed by atoms with Gasteiger partial charge >= 0.3 is 0 Å². The lowest BCUT2D eigenvalue weighted by molar-refractivity contribution is 0.101. The number of carbonyl (C=O) groups excluding carboxylic acids is 1. The van der Waals surface area contributed by atoms with E-state index >= 15 is 0 Å². The number of rotatable bonds is 7. The van der Waals surface area contributed by atoms with Crippen molar-refractivity contribution < 1.29 is 13.2 Å². The molecule has 4 rings (SSSR count). The summed E-state index contributed by atoms with van der Waals surface area (Å²) >= 11 is 1.60. The van der Waals surface area contributed by atoms with Gasteiger partial charge in [0.05, 0.1) is 15.9 Å². The molecule has 0 bridgehead atoms. The number of hydrogen-bond acceptors (Lipinski definition) is 5. The van der Waals surface area contributed by atoms with Crippen LogP contribution in [-0.4, -0.2) is 46.3 Å². The van der Waals surface area contributed by atoms with Crippen LogP contribution < -0.4 is 5.32 Å². The standard InChI is InChI=1S/C21H23N5O3S2/c1-4-26(5-2)31(28,29)15-12-18(25(3)13-15)21(27)22-14-8-9-16-17(11-14)24-20(23-16)19-7-6-10-30-19/h6-13H,4-5H2,1-3H3,(H,22,27)(H,23,24). The number of thiophene rings is 1. The number of aromatic amines is 1. The van der Waals surface area contributed by atoms with Crippen molar-refractivity contribution in [2.75, 3.05) is 18.4 Å². The Morgan fingerprint density at radius 3 is 2.68 bits per heavy atom. The molecule has 0 aliphatic carbocycles. The van der Waals surface area contributed by atoms with Gasteiger partial charge in [-0.25, -0.2) is 13.4 Å². The van der Waals surface area contributed by atoms with Gasteiger partial charge in [0, 0.05) is 32.0 Å². The minimum atomic E-state index is -3.64. The first kappa shape index (κ1) is 21.3. The number of aromatic nitrogens is 3. The summed E-state index contributed by atoms with van der Waals surface area (Å²) in [7, 11) is -1.98. The summed E-state index contributed by atoms with van der Waals surface area (Å²) < 4.78 is 28.4. The number of benzene rings is 1. The zero-order valence-corrected chi connectivity index (χ0v) is 19.0. The molecule has 0 saturated heterocycles. The van der Waals surface area contributed by atoms with Gasteiger partial charge in [0.1, 0.15) is 16.4 Å². The number of nitrogens with one attached hydrogen (secondary N) is 2. The molecule has 4 aromatic rings. The monoisotopic (exact) mass is 457 g/mol. The number of H-pyrrole nitrogens is 1. The van der Waals surface area contributed by atoms with Gasteiger partial charge in [0.25, 0.3) is 5.91 Å². The minimum Gasteiger partial charge on any atom is -0.345 e. The van der Waals surface area contributed by atoms with E-state index in [0.29, 0.717) is 18.8 Å². The second-order valence-electron chi connectivity index (χ2n) is 7.01. The third kappa shape index (κ3) is 4.01. The summed E-state index contributed by atoms with van der Waals surface area (Å²) in [5.74, 6) is 0.392. The zero-order chi connectivity index (χ0) is 22.2. The number of aryl methyl sites for hydroxylation is 1. The minimum absolute atomic E-state index is 0.105. The summed E-state index contributed by atoms with van der Waals surface area (Å²) in [5.41, 5.74) is 2.45. The first-order valence-corrected chi connectivity index (χ1v) is 12.2. The van der Waals surface area contributed by atoms with Crippen LogP contribution in [0.5, 0.6) is 0 Å². The van der Waals surface area contributed by atoms with E-state index in [1.165, 1.54) is 21.1 Å².